The molecular formula is C15H20N4. The van der Waals surface area contributed by atoms with Gasteiger partial charge in [-0.2, -0.15) is 0 Å². The molecule has 0 spiro atoms. The summed E-state index contributed by atoms with van der Waals surface area (Å²) >= 11 is 0. The first-order chi connectivity index (χ1) is 8.99. The Bertz CT molecular complexity index is 591. The van der Waals surface area contributed by atoms with Gasteiger partial charge in [0.2, 0.25) is 0 Å². The lowest BCUT2D eigenvalue weighted by Crippen LogP contribution is -2.20. The van der Waals surface area contributed by atoms with Gasteiger partial charge in [0.15, 0.2) is 0 Å². The molecule has 3 rings (SSSR count). The fourth-order valence-electron chi connectivity index (χ4n) is 2.27. The number of anilines is 1. The molecule has 19 heavy (non-hydrogen) atoms. The summed E-state index contributed by atoms with van der Waals surface area (Å²) in [7, 11) is 4.08. The van der Waals surface area contributed by atoms with Gasteiger partial charge in [-0.25, -0.2) is 4.98 Å². The Morgan fingerprint density at radius 1 is 1.21 bits per heavy atom. The van der Waals surface area contributed by atoms with Crippen molar-refractivity contribution in [2.75, 3.05) is 19.0 Å². The molecule has 0 radical (unpaired) electrons. The Morgan fingerprint density at radius 3 is 2.37 bits per heavy atom. The maximum Gasteiger partial charge on any atom is 0.127 e. The third-order valence-corrected chi connectivity index (χ3v) is 3.80. The van der Waals surface area contributed by atoms with Crippen LogP contribution in [0.1, 0.15) is 24.4 Å². The van der Waals surface area contributed by atoms with E-state index in [2.05, 4.69) is 41.1 Å². The molecule has 1 aliphatic rings. The van der Waals surface area contributed by atoms with Crippen molar-refractivity contribution in [2.24, 2.45) is 5.73 Å². The number of imidazole rings is 1. The Labute approximate surface area is 113 Å². The van der Waals surface area contributed by atoms with Crippen LogP contribution in [0.2, 0.25) is 0 Å². The van der Waals surface area contributed by atoms with Gasteiger partial charge in [0.05, 0.1) is 11.2 Å². The number of nitrogens with zero attached hydrogens (tertiary/aromatic N) is 2. The topological polar surface area (TPSA) is 57.9 Å². The normalized spacial score (nSPS) is 16.4. The van der Waals surface area contributed by atoms with Gasteiger partial charge in [-0.3, -0.25) is 0 Å². The largest absolute Gasteiger partial charge is 0.378 e. The highest BCUT2D eigenvalue weighted by molar-refractivity contribution is 5.65. The summed E-state index contributed by atoms with van der Waals surface area (Å²) in [6.07, 6.45) is 2.05. The molecule has 4 nitrogen and oxygen atoms in total. The molecule has 0 saturated heterocycles. The maximum atomic E-state index is 6.19. The maximum absolute atomic E-state index is 6.19. The van der Waals surface area contributed by atoms with Gasteiger partial charge < -0.3 is 15.6 Å². The minimum absolute atomic E-state index is 0.202. The molecule has 0 amide bonds. The lowest BCUT2D eigenvalue weighted by atomic mass is 10.1. The predicted molar refractivity (Wildman–Crippen MR) is 78.2 cm³/mol. The SMILES string of the molecule is Cc1[nH]c(C2(N)CC2)nc1-c1ccc(N(C)C)cc1. The third-order valence-electron chi connectivity index (χ3n) is 3.80. The molecular weight excluding hydrogens is 236 g/mol. The number of aromatic nitrogens is 2. The smallest absolute Gasteiger partial charge is 0.127 e. The highest BCUT2D eigenvalue weighted by Crippen LogP contribution is 2.42. The van der Waals surface area contributed by atoms with Crippen LogP contribution in [-0.4, -0.2) is 24.1 Å². The van der Waals surface area contributed by atoms with Crippen molar-refractivity contribution in [3.8, 4) is 11.3 Å². The van der Waals surface area contributed by atoms with Crippen LogP contribution in [0.25, 0.3) is 11.3 Å². The van der Waals surface area contributed by atoms with Crippen molar-refractivity contribution in [2.45, 2.75) is 25.3 Å². The van der Waals surface area contributed by atoms with Gasteiger partial charge in [-0.05, 0) is 31.9 Å². The summed E-state index contributed by atoms with van der Waals surface area (Å²) in [5.74, 6) is 0.927. The summed E-state index contributed by atoms with van der Waals surface area (Å²) in [5, 5.41) is 0. The van der Waals surface area contributed by atoms with Crippen molar-refractivity contribution < 1.29 is 0 Å². The highest BCUT2D eigenvalue weighted by atomic mass is 15.1. The first-order valence-electron chi connectivity index (χ1n) is 6.63. The van der Waals surface area contributed by atoms with E-state index in [1.807, 2.05) is 14.1 Å². The van der Waals surface area contributed by atoms with E-state index in [-0.39, 0.29) is 5.54 Å². The summed E-state index contributed by atoms with van der Waals surface area (Å²) in [6.45, 7) is 2.05. The number of nitrogens with one attached hydrogen (secondary N) is 1. The fourth-order valence-corrected chi connectivity index (χ4v) is 2.27. The number of benzene rings is 1. The summed E-state index contributed by atoms with van der Waals surface area (Å²) in [4.78, 5) is 10.1. The van der Waals surface area contributed by atoms with Gasteiger partial charge in [0, 0.05) is 31.0 Å². The Morgan fingerprint density at radius 2 is 1.84 bits per heavy atom. The molecule has 0 atom stereocenters. The molecule has 0 aliphatic heterocycles. The molecule has 1 aliphatic carbocycles. The number of rotatable bonds is 3. The van der Waals surface area contributed by atoms with Crippen LogP contribution in [0, 0.1) is 6.92 Å². The number of nitrogens with two attached hydrogens (primary N) is 1. The van der Waals surface area contributed by atoms with Crippen molar-refractivity contribution in [1.82, 2.24) is 9.97 Å². The minimum Gasteiger partial charge on any atom is -0.378 e. The second-order valence-electron chi connectivity index (χ2n) is 5.66. The van der Waals surface area contributed by atoms with E-state index < -0.39 is 0 Å². The molecule has 2 aromatic rings. The summed E-state index contributed by atoms with van der Waals surface area (Å²) < 4.78 is 0. The van der Waals surface area contributed by atoms with Gasteiger partial charge in [-0.1, -0.05) is 12.1 Å². The zero-order valence-electron chi connectivity index (χ0n) is 11.7. The lowest BCUT2D eigenvalue weighted by Gasteiger charge is -2.12. The van der Waals surface area contributed by atoms with Crippen LogP contribution < -0.4 is 10.6 Å². The summed E-state index contributed by atoms with van der Waals surface area (Å²) in [6, 6.07) is 8.44. The molecule has 0 bridgehead atoms. The number of aromatic amines is 1. The number of aryl methyl sites for hydroxylation is 1. The van der Waals surface area contributed by atoms with Crippen molar-refractivity contribution in [3.05, 3.63) is 35.8 Å². The van der Waals surface area contributed by atoms with Crippen LogP contribution >= 0.6 is 0 Å². The quantitative estimate of drug-likeness (QED) is 0.886. The first-order valence-corrected chi connectivity index (χ1v) is 6.63. The Kier molecular flexibility index (Phi) is 2.64. The molecule has 1 heterocycles. The molecule has 1 aromatic heterocycles. The molecule has 100 valence electrons. The van der Waals surface area contributed by atoms with Crippen LogP contribution in [0.15, 0.2) is 24.3 Å². The van der Waals surface area contributed by atoms with E-state index in [1.165, 1.54) is 5.69 Å². The minimum atomic E-state index is -0.202. The standard InChI is InChI=1S/C15H20N4/c1-10-13(18-14(17-10)15(16)8-9-15)11-4-6-12(7-5-11)19(2)3/h4-7H,8-9,16H2,1-3H3,(H,17,18). The predicted octanol–water partition coefficient (Wildman–Crippen LogP) is 2.40. The van der Waals surface area contributed by atoms with E-state index >= 15 is 0 Å². The number of hydrogen-bond donors (Lipinski definition) is 2. The van der Waals surface area contributed by atoms with E-state index in [0.29, 0.717) is 0 Å². The number of H-pyrrole nitrogens is 1. The second-order valence-corrected chi connectivity index (χ2v) is 5.66. The lowest BCUT2D eigenvalue weighted by molar-refractivity contribution is 0.684. The second kappa shape index (κ2) is 4.10. The zero-order chi connectivity index (χ0) is 13.6. The van der Waals surface area contributed by atoms with Gasteiger partial charge in [-0.15, -0.1) is 0 Å². The number of hydrogen-bond acceptors (Lipinski definition) is 3. The van der Waals surface area contributed by atoms with Crippen molar-refractivity contribution in [1.29, 1.82) is 0 Å². The molecule has 1 fully saturated rings. The van der Waals surface area contributed by atoms with Crippen LogP contribution in [0.5, 0.6) is 0 Å². The molecule has 4 heteroatoms. The Hall–Kier alpha value is -1.81. The average molecular weight is 256 g/mol. The van der Waals surface area contributed by atoms with E-state index in [9.17, 15) is 0 Å². The zero-order valence-corrected chi connectivity index (χ0v) is 11.7. The molecule has 1 saturated carbocycles. The third kappa shape index (κ3) is 2.12. The van der Waals surface area contributed by atoms with Gasteiger partial charge >= 0.3 is 0 Å². The van der Waals surface area contributed by atoms with E-state index in [4.69, 9.17) is 10.7 Å². The fraction of sp³-hybridized carbons (Fsp3) is 0.400. The van der Waals surface area contributed by atoms with E-state index in [1.54, 1.807) is 0 Å². The van der Waals surface area contributed by atoms with Crippen molar-refractivity contribution >= 4 is 5.69 Å². The average Bonchev–Trinajstić information content (AvgIpc) is 3.01. The van der Waals surface area contributed by atoms with Crippen molar-refractivity contribution in [3.63, 3.8) is 0 Å². The van der Waals surface area contributed by atoms with Crippen LogP contribution in [0.3, 0.4) is 0 Å². The monoisotopic (exact) mass is 256 g/mol. The van der Waals surface area contributed by atoms with Crippen LogP contribution in [0.4, 0.5) is 5.69 Å². The molecule has 3 N–H and O–H groups in total. The summed E-state index contributed by atoms with van der Waals surface area (Å²) in [5.41, 5.74) is 10.4. The highest BCUT2D eigenvalue weighted by Gasteiger charge is 2.43. The van der Waals surface area contributed by atoms with E-state index in [0.717, 1.165) is 35.6 Å². The van der Waals surface area contributed by atoms with Crippen LogP contribution in [-0.2, 0) is 5.54 Å². The first kappa shape index (κ1) is 12.2. The molecule has 1 aromatic carbocycles. The Balaban J connectivity index is 1.95. The molecule has 0 unspecified atom stereocenters. The van der Waals surface area contributed by atoms with Gasteiger partial charge in [0.25, 0.3) is 0 Å². The van der Waals surface area contributed by atoms with Gasteiger partial charge in [0.1, 0.15) is 5.82 Å².